The molecular formula is C34H46N6O2. The van der Waals surface area contributed by atoms with Gasteiger partial charge in [-0.1, -0.05) is 51.1 Å². The second-order valence-corrected chi connectivity index (χ2v) is 13.7. The predicted octanol–water partition coefficient (Wildman–Crippen LogP) is 4.69. The number of nitrogens with zero attached hydrogens (tertiary/aromatic N) is 4. The first kappa shape index (κ1) is 28.9. The van der Waals surface area contributed by atoms with E-state index in [1.165, 1.54) is 6.42 Å². The third-order valence-corrected chi connectivity index (χ3v) is 10.4. The van der Waals surface area contributed by atoms with Crippen LogP contribution in [0.1, 0.15) is 59.1 Å². The average molecular weight is 571 g/mol. The molecule has 1 saturated heterocycles. The van der Waals surface area contributed by atoms with Crippen molar-refractivity contribution in [2.24, 2.45) is 28.2 Å². The molecule has 0 radical (unpaired) electrons. The zero-order valence-electron chi connectivity index (χ0n) is 25.6. The number of piperazine rings is 1. The van der Waals surface area contributed by atoms with E-state index in [0.717, 1.165) is 48.6 Å². The van der Waals surface area contributed by atoms with Crippen LogP contribution in [0.2, 0.25) is 0 Å². The van der Waals surface area contributed by atoms with Gasteiger partial charge in [-0.15, -0.1) is 0 Å². The summed E-state index contributed by atoms with van der Waals surface area (Å²) in [5.41, 5.74) is 2.86. The van der Waals surface area contributed by atoms with Crippen molar-refractivity contribution in [1.82, 2.24) is 19.8 Å². The molecule has 8 nitrogen and oxygen atoms in total. The van der Waals surface area contributed by atoms with E-state index in [0.29, 0.717) is 46.8 Å². The van der Waals surface area contributed by atoms with Gasteiger partial charge in [0.05, 0.1) is 35.9 Å². The highest BCUT2D eigenvalue weighted by atomic mass is 16.3. The number of nitrogens with one attached hydrogen (secondary N) is 2. The van der Waals surface area contributed by atoms with E-state index in [4.69, 9.17) is 4.99 Å². The molecule has 7 atom stereocenters. The van der Waals surface area contributed by atoms with E-state index in [9.17, 15) is 9.90 Å². The summed E-state index contributed by atoms with van der Waals surface area (Å²) in [5.74, 6) is 2.93. The predicted molar refractivity (Wildman–Crippen MR) is 170 cm³/mol. The van der Waals surface area contributed by atoms with Gasteiger partial charge in [-0.05, 0) is 80.0 Å². The molecule has 3 N–H and O–H groups in total. The number of aliphatic imine (C=N–C) groups is 1. The summed E-state index contributed by atoms with van der Waals surface area (Å²) in [5, 5.41) is 18.0. The van der Waals surface area contributed by atoms with Gasteiger partial charge >= 0.3 is 0 Å². The Hall–Kier alpha value is -3.23. The van der Waals surface area contributed by atoms with Crippen LogP contribution in [0.4, 0.5) is 5.69 Å². The molecule has 1 aliphatic heterocycles. The summed E-state index contributed by atoms with van der Waals surface area (Å²) in [6.45, 7) is 13.3. The minimum Gasteiger partial charge on any atom is -0.394 e. The van der Waals surface area contributed by atoms with Crippen LogP contribution in [0, 0.1) is 23.2 Å². The molecule has 0 spiro atoms. The third-order valence-electron chi connectivity index (χ3n) is 10.4. The molecule has 7 rings (SSSR count). The summed E-state index contributed by atoms with van der Waals surface area (Å²) in [6.07, 6.45) is 4.61. The fourth-order valence-corrected chi connectivity index (χ4v) is 7.88. The van der Waals surface area contributed by atoms with E-state index in [2.05, 4.69) is 55.1 Å². The summed E-state index contributed by atoms with van der Waals surface area (Å²) < 4.78 is 1.57. The quantitative estimate of drug-likeness (QED) is 0.294. The molecule has 224 valence electrons. The van der Waals surface area contributed by atoms with Crippen LogP contribution in [-0.4, -0.2) is 63.3 Å². The maximum Gasteiger partial charge on any atom is 0.261 e. The maximum atomic E-state index is 13.5. The number of rotatable bonds is 6. The van der Waals surface area contributed by atoms with Crippen LogP contribution >= 0.6 is 0 Å². The van der Waals surface area contributed by atoms with Crippen LogP contribution < -0.4 is 16.2 Å². The number of aliphatic hydroxyl groups excluding tert-OH is 1. The van der Waals surface area contributed by atoms with Crippen LogP contribution in [0.15, 0.2) is 64.6 Å². The average Bonchev–Trinajstić information content (AvgIpc) is 2.96. The number of anilines is 1. The molecule has 8 heteroatoms. The van der Waals surface area contributed by atoms with E-state index < -0.39 is 0 Å². The SMILES string of the molecule is C[C@@H]1CN(C(=NC2C[C@H]3C[C@@H]([C@@H]2C)C3(C)C)Nc2ccc3c(=O)n([C@H](CO)Cc4ccccc4)cnc3c2)C[C@H](C)N1. The zero-order valence-corrected chi connectivity index (χ0v) is 25.6. The van der Waals surface area contributed by atoms with Gasteiger partial charge in [0.2, 0.25) is 0 Å². The van der Waals surface area contributed by atoms with Gasteiger partial charge in [0.1, 0.15) is 0 Å². The van der Waals surface area contributed by atoms with Crippen molar-refractivity contribution >= 4 is 22.5 Å². The molecule has 2 bridgehead atoms. The number of fused-ring (bicyclic) bond motifs is 3. The first-order valence-electron chi connectivity index (χ1n) is 15.7. The van der Waals surface area contributed by atoms with E-state index in [-0.39, 0.29) is 18.2 Å². The van der Waals surface area contributed by atoms with Gasteiger partial charge in [0.15, 0.2) is 5.96 Å². The summed E-state index contributed by atoms with van der Waals surface area (Å²) in [4.78, 5) is 26.0. The molecule has 3 aliphatic carbocycles. The van der Waals surface area contributed by atoms with Gasteiger partial charge in [-0.3, -0.25) is 9.36 Å². The molecular weight excluding hydrogens is 524 g/mol. The Labute approximate surface area is 249 Å². The lowest BCUT2D eigenvalue weighted by Gasteiger charge is -2.61. The first-order chi connectivity index (χ1) is 20.1. The highest BCUT2D eigenvalue weighted by Gasteiger charge is 2.56. The van der Waals surface area contributed by atoms with Crippen molar-refractivity contribution in [3.8, 4) is 0 Å². The second kappa shape index (κ2) is 11.5. The monoisotopic (exact) mass is 570 g/mol. The number of aliphatic hydroxyl groups is 1. The van der Waals surface area contributed by atoms with Gasteiger partial charge in [0, 0.05) is 30.9 Å². The third kappa shape index (κ3) is 5.47. The van der Waals surface area contributed by atoms with Crippen LogP contribution in [0.5, 0.6) is 0 Å². The highest BCUT2D eigenvalue weighted by molar-refractivity contribution is 5.96. The topological polar surface area (TPSA) is 94.8 Å². The fraction of sp³-hybridized carbons (Fsp3) is 0.559. The first-order valence-corrected chi connectivity index (χ1v) is 15.7. The lowest BCUT2D eigenvalue weighted by atomic mass is 9.45. The largest absolute Gasteiger partial charge is 0.394 e. The molecule has 3 aromatic rings. The van der Waals surface area contributed by atoms with E-state index in [1.807, 2.05) is 48.5 Å². The summed E-state index contributed by atoms with van der Waals surface area (Å²) in [7, 11) is 0. The Kier molecular flexibility index (Phi) is 7.87. The Morgan fingerprint density at radius 3 is 2.52 bits per heavy atom. The standard InChI is InChI=1S/C34H46N6O2/c1-21-17-39(18-22(2)36-21)33(38-30-15-25-14-29(23(30)3)34(25,4)5)37-26-11-12-28-31(16-26)35-20-40(32(28)42)27(19-41)13-24-9-7-6-8-10-24/h6-12,16,20-23,25,27,29-30,36,41H,13-15,17-19H2,1-5H3,(H,37,38)/t21-,22+,23-,25+,27-,29-,30?/m0/s1. The summed E-state index contributed by atoms with van der Waals surface area (Å²) in [6, 6.07) is 16.3. The minimum atomic E-state index is -0.376. The fourth-order valence-electron chi connectivity index (χ4n) is 7.88. The van der Waals surface area contributed by atoms with Gasteiger partial charge < -0.3 is 20.6 Å². The molecule has 2 heterocycles. The highest BCUT2D eigenvalue weighted by Crippen LogP contribution is 2.61. The van der Waals surface area contributed by atoms with Crippen molar-refractivity contribution in [1.29, 1.82) is 0 Å². The smallest absolute Gasteiger partial charge is 0.261 e. The van der Waals surface area contributed by atoms with Crippen LogP contribution in [-0.2, 0) is 6.42 Å². The number of hydrogen-bond acceptors (Lipinski definition) is 5. The van der Waals surface area contributed by atoms with Crippen molar-refractivity contribution in [2.75, 3.05) is 25.0 Å². The molecule has 3 saturated carbocycles. The molecule has 1 unspecified atom stereocenters. The van der Waals surface area contributed by atoms with Crippen molar-refractivity contribution in [3.63, 3.8) is 0 Å². The zero-order chi connectivity index (χ0) is 29.6. The molecule has 42 heavy (non-hydrogen) atoms. The molecule has 4 aliphatic rings. The normalized spacial score (nSPS) is 29.7. The Balaban J connectivity index is 1.28. The number of benzene rings is 2. The summed E-state index contributed by atoms with van der Waals surface area (Å²) >= 11 is 0. The molecule has 0 amide bonds. The van der Waals surface area contributed by atoms with Crippen LogP contribution in [0.25, 0.3) is 10.9 Å². The van der Waals surface area contributed by atoms with E-state index in [1.54, 1.807) is 10.9 Å². The second-order valence-electron chi connectivity index (χ2n) is 13.7. The molecule has 4 fully saturated rings. The Morgan fingerprint density at radius 2 is 1.86 bits per heavy atom. The van der Waals surface area contributed by atoms with Crippen LogP contribution in [0.3, 0.4) is 0 Å². The maximum absolute atomic E-state index is 13.5. The van der Waals surface area contributed by atoms with Gasteiger partial charge in [-0.2, -0.15) is 0 Å². The molecule has 2 aromatic carbocycles. The Morgan fingerprint density at radius 1 is 1.12 bits per heavy atom. The minimum absolute atomic E-state index is 0.137. The van der Waals surface area contributed by atoms with Crippen molar-refractivity contribution in [2.45, 2.75) is 78.0 Å². The van der Waals surface area contributed by atoms with Gasteiger partial charge in [-0.25, -0.2) is 9.98 Å². The number of aromatic nitrogens is 2. The lowest BCUT2D eigenvalue weighted by Crippen LogP contribution is -2.59. The van der Waals surface area contributed by atoms with Gasteiger partial charge in [0.25, 0.3) is 5.56 Å². The van der Waals surface area contributed by atoms with Crippen molar-refractivity contribution < 1.29 is 5.11 Å². The van der Waals surface area contributed by atoms with Crippen molar-refractivity contribution in [3.05, 3.63) is 70.8 Å². The molecule has 1 aromatic heterocycles. The number of guanidine groups is 1. The number of hydrogen-bond donors (Lipinski definition) is 3. The lowest BCUT2D eigenvalue weighted by molar-refractivity contribution is -0.108. The van der Waals surface area contributed by atoms with E-state index >= 15 is 0 Å². The Bertz CT molecular complexity index is 1490.